The number of alkyl carbamates (subject to hydrolysis) is 1. The number of hydrogen-bond acceptors (Lipinski definition) is 3. The normalized spacial score (nSPS) is 12.7. The molecule has 2 amide bonds. The Bertz CT molecular complexity index is 700. The highest BCUT2D eigenvalue weighted by Gasteiger charge is 2.20. The summed E-state index contributed by atoms with van der Waals surface area (Å²) in [6, 6.07) is 7.17. The van der Waals surface area contributed by atoms with Crippen LogP contribution in [0.15, 0.2) is 30.5 Å². The molecule has 0 aliphatic carbocycles. The van der Waals surface area contributed by atoms with Crippen LogP contribution in [0, 0.1) is 0 Å². The maximum Gasteiger partial charge on any atom is 0.408 e. The van der Waals surface area contributed by atoms with Crippen molar-refractivity contribution in [1.29, 1.82) is 0 Å². The molecule has 0 fully saturated rings. The molecule has 0 spiro atoms. The summed E-state index contributed by atoms with van der Waals surface area (Å²) in [5, 5.41) is 6.42. The highest BCUT2D eigenvalue weighted by Crippen LogP contribution is 2.17. The topological polar surface area (TPSA) is 83.2 Å². The summed E-state index contributed by atoms with van der Waals surface area (Å²) in [4.78, 5) is 26.9. The van der Waals surface area contributed by atoms with E-state index in [1.165, 1.54) is 0 Å². The second-order valence-electron chi connectivity index (χ2n) is 6.44. The van der Waals surface area contributed by atoms with Crippen LogP contribution in [0.25, 0.3) is 10.9 Å². The number of hydrogen-bond donors (Lipinski definition) is 3. The lowest BCUT2D eigenvalue weighted by atomic mass is 10.1. The van der Waals surface area contributed by atoms with Gasteiger partial charge in [0.05, 0.1) is 0 Å². The largest absolute Gasteiger partial charge is 0.444 e. The van der Waals surface area contributed by atoms with Crippen LogP contribution in [0.3, 0.4) is 0 Å². The smallest absolute Gasteiger partial charge is 0.408 e. The molecule has 1 aromatic heterocycles. The summed E-state index contributed by atoms with van der Waals surface area (Å²) in [5.74, 6) is -0.261. The Morgan fingerprint density at radius 2 is 2.00 bits per heavy atom. The molecular weight excluding hydrogens is 294 g/mol. The van der Waals surface area contributed by atoms with Gasteiger partial charge in [-0.25, -0.2) is 4.79 Å². The molecule has 6 nitrogen and oxygen atoms in total. The summed E-state index contributed by atoms with van der Waals surface area (Å²) in [7, 11) is 0. The quantitative estimate of drug-likeness (QED) is 0.810. The number of amides is 2. The molecule has 0 unspecified atom stereocenters. The standard InChI is InChI=1S/C17H23N3O3/c1-11(20-16(22)23-17(2,3)4)15(21)19-10-12-6-5-7-14-13(12)8-9-18-14/h5-9,11,18H,10H2,1-4H3,(H,19,21)(H,20,22)/t11-/m0/s1. The van der Waals surface area contributed by atoms with Crippen molar-refractivity contribution in [1.82, 2.24) is 15.6 Å². The fraction of sp³-hybridized carbons (Fsp3) is 0.412. The van der Waals surface area contributed by atoms with Crippen molar-refractivity contribution >= 4 is 22.9 Å². The van der Waals surface area contributed by atoms with Crippen LogP contribution in [-0.2, 0) is 16.1 Å². The van der Waals surface area contributed by atoms with Crippen LogP contribution < -0.4 is 10.6 Å². The van der Waals surface area contributed by atoms with Crippen molar-refractivity contribution < 1.29 is 14.3 Å². The van der Waals surface area contributed by atoms with Gasteiger partial charge >= 0.3 is 6.09 Å². The third-order valence-electron chi connectivity index (χ3n) is 3.26. The van der Waals surface area contributed by atoms with Gasteiger partial charge in [0.15, 0.2) is 0 Å². The highest BCUT2D eigenvalue weighted by atomic mass is 16.6. The molecule has 6 heteroatoms. The van der Waals surface area contributed by atoms with Crippen molar-refractivity contribution in [2.45, 2.75) is 45.9 Å². The molecule has 2 rings (SSSR count). The van der Waals surface area contributed by atoms with E-state index in [4.69, 9.17) is 4.74 Å². The van der Waals surface area contributed by atoms with E-state index in [-0.39, 0.29) is 5.91 Å². The second kappa shape index (κ2) is 6.73. The molecule has 1 atom stereocenters. The minimum Gasteiger partial charge on any atom is -0.444 e. The number of benzene rings is 1. The Morgan fingerprint density at radius 3 is 2.70 bits per heavy atom. The minimum atomic E-state index is -0.671. The molecule has 0 bridgehead atoms. The van der Waals surface area contributed by atoms with E-state index in [2.05, 4.69) is 15.6 Å². The number of nitrogens with one attached hydrogen (secondary N) is 3. The summed E-state index contributed by atoms with van der Waals surface area (Å²) >= 11 is 0. The Balaban J connectivity index is 1.89. The Hall–Kier alpha value is -2.50. The molecule has 0 aliphatic rings. The zero-order chi connectivity index (χ0) is 17.0. The molecule has 0 saturated carbocycles. The Labute approximate surface area is 135 Å². The lowest BCUT2D eigenvalue weighted by Crippen LogP contribution is -2.46. The molecule has 2 aromatic rings. The van der Waals surface area contributed by atoms with E-state index < -0.39 is 17.7 Å². The van der Waals surface area contributed by atoms with Crippen LogP contribution in [-0.4, -0.2) is 28.6 Å². The van der Waals surface area contributed by atoms with E-state index in [0.717, 1.165) is 16.5 Å². The van der Waals surface area contributed by atoms with Crippen molar-refractivity contribution in [3.8, 4) is 0 Å². The van der Waals surface area contributed by atoms with E-state index in [1.807, 2.05) is 30.5 Å². The van der Waals surface area contributed by atoms with E-state index >= 15 is 0 Å². The van der Waals surface area contributed by atoms with Crippen LogP contribution in [0.1, 0.15) is 33.3 Å². The van der Waals surface area contributed by atoms with E-state index in [0.29, 0.717) is 6.54 Å². The fourth-order valence-corrected chi connectivity index (χ4v) is 2.19. The Morgan fingerprint density at radius 1 is 1.26 bits per heavy atom. The van der Waals surface area contributed by atoms with Gasteiger partial charge in [0.25, 0.3) is 0 Å². The third-order valence-corrected chi connectivity index (χ3v) is 3.26. The molecule has 124 valence electrons. The van der Waals surface area contributed by atoms with Gasteiger partial charge in [-0.1, -0.05) is 12.1 Å². The van der Waals surface area contributed by atoms with Gasteiger partial charge in [-0.15, -0.1) is 0 Å². The van der Waals surface area contributed by atoms with Crippen LogP contribution in [0.4, 0.5) is 4.79 Å². The molecule has 1 aromatic carbocycles. The Kier molecular flexibility index (Phi) is 4.93. The minimum absolute atomic E-state index is 0.261. The molecular formula is C17H23N3O3. The monoisotopic (exact) mass is 317 g/mol. The van der Waals surface area contributed by atoms with Gasteiger partial charge in [0.1, 0.15) is 11.6 Å². The maximum absolute atomic E-state index is 12.1. The maximum atomic E-state index is 12.1. The van der Waals surface area contributed by atoms with Crippen molar-refractivity contribution in [2.24, 2.45) is 0 Å². The average molecular weight is 317 g/mol. The average Bonchev–Trinajstić information content (AvgIpc) is 2.91. The summed E-state index contributed by atoms with van der Waals surface area (Å²) in [6.45, 7) is 7.34. The van der Waals surface area contributed by atoms with Crippen molar-refractivity contribution in [3.63, 3.8) is 0 Å². The number of aromatic amines is 1. The van der Waals surface area contributed by atoms with Crippen LogP contribution >= 0.6 is 0 Å². The van der Waals surface area contributed by atoms with Gasteiger partial charge in [0.2, 0.25) is 5.91 Å². The number of carbonyl (C=O) groups is 2. The number of H-pyrrole nitrogens is 1. The fourth-order valence-electron chi connectivity index (χ4n) is 2.19. The number of fused-ring (bicyclic) bond motifs is 1. The van der Waals surface area contributed by atoms with Crippen LogP contribution in [0.2, 0.25) is 0 Å². The number of aromatic nitrogens is 1. The molecule has 0 radical (unpaired) electrons. The first-order valence-electron chi connectivity index (χ1n) is 7.58. The summed E-state index contributed by atoms with van der Waals surface area (Å²) in [6.07, 6.45) is 1.26. The highest BCUT2D eigenvalue weighted by molar-refractivity contribution is 5.86. The number of ether oxygens (including phenoxy) is 1. The first kappa shape index (κ1) is 16.9. The van der Waals surface area contributed by atoms with Gasteiger partial charge in [-0.2, -0.15) is 0 Å². The third kappa shape index (κ3) is 4.74. The van der Waals surface area contributed by atoms with Gasteiger partial charge < -0.3 is 20.4 Å². The van der Waals surface area contributed by atoms with Gasteiger partial charge in [0, 0.05) is 23.6 Å². The number of carbonyl (C=O) groups excluding carboxylic acids is 2. The summed E-state index contributed by atoms with van der Waals surface area (Å²) in [5.41, 5.74) is 1.45. The lowest BCUT2D eigenvalue weighted by molar-refractivity contribution is -0.122. The SMILES string of the molecule is C[C@H](NC(=O)OC(C)(C)C)C(=O)NCc1cccc2[nH]ccc12. The lowest BCUT2D eigenvalue weighted by Gasteiger charge is -2.21. The van der Waals surface area contributed by atoms with Crippen LogP contribution in [0.5, 0.6) is 0 Å². The summed E-state index contributed by atoms with van der Waals surface area (Å²) < 4.78 is 5.13. The zero-order valence-electron chi connectivity index (χ0n) is 13.9. The first-order valence-corrected chi connectivity index (χ1v) is 7.58. The second-order valence-corrected chi connectivity index (χ2v) is 6.44. The zero-order valence-corrected chi connectivity index (χ0v) is 13.9. The van der Waals surface area contributed by atoms with E-state index in [1.54, 1.807) is 27.7 Å². The molecule has 23 heavy (non-hydrogen) atoms. The molecule has 0 aliphatic heterocycles. The predicted octanol–water partition coefficient (Wildman–Crippen LogP) is 2.70. The first-order chi connectivity index (χ1) is 10.8. The van der Waals surface area contributed by atoms with Gasteiger partial charge in [-0.3, -0.25) is 4.79 Å². The predicted molar refractivity (Wildman–Crippen MR) is 89.0 cm³/mol. The van der Waals surface area contributed by atoms with Crippen molar-refractivity contribution in [3.05, 3.63) is 36.0 Å². The molecule has 1 heterocycles. The van der Waals surface area contributed by atoms with Gasteiger partial charge in [-0.05, 0) is 45.4 Å². The molecule has 0 saturated heterocycles. The van der Waals surface area contributed by atoms with Crippen molar-refractivity contribution in [2.75, 3.05) is 0 Å². The number of rotatable bonds is 4. The molecule has 3 N–H and O–H groups in total. The van der Waals surface area contributed by atoms with E-state index in [9.17, 15) is 9.59 Å².